The second-order valence-corrected chi connectivity index (χ2v) is 16.0. The van der Waals surface area contributed by atoms with E-state index in [9.17, 15) is 36.7 Å². The molecule has 2 saturated carbocycles. The molecule has 19 nitrogen and oxygen atoms in total. The van der Waals surface area contributed by atoms with E-state index in [2.05, 4.69) is 35.6 Å². The standard InChI is InChI=1S/C22H18F2N6O3.C13H13F2N3O.C9H7N3O3.CH4.31F2/c1-11-2-3-12(19-28-21(33-29-19)14-7-22(23,24)8-14)6-15(11)27-20(32)16-9-26-17-5-4-13(18(25)31)10-30(16)17;1-7-2-3-8(4-10(7)16)11-17-12(19-18-11)9-5-13(14,15)6-9;10-8(13)5-1-2-7-11-3-6(9(14)15)12(7)4-5;;31*1-2/h2-6,9-10,14H,7-8H2,1H3,(H2,25,31)(H,27,32);2-4,9H,5-6,16H2,1H3;1-4H,(H2,10,13)(H,14,15);1H4;;;;;;;;;;;;;;;;;;;;;;;;;;;;;;;. The number of halogens is 66. The molecule has 786 valence electrons. The molecule has 85 heteroatoms. The number of aromatic carboxylic acids is 1. The minimum Gasteiger partial charge on any atom is -0.477 e. The summed E-state index contributed by atoms with van der Waals surface area (Å²) in [6, 6.07) is 16.8. The number of rotatable bonds is 9. The van der Waals surface area contributed by atoms with Crippen LogP contribution in [0.3, 0.4) is 0 Å². The Bertz CT molecular complexity index is 3330. The number of hydrogen-bond acceptors (Lipinski definition) is 13. The van der Waals surface area contributed by atoms with E-state index in [4.69, 9.17) is 315 Å². The van der Waals surface area contributed by atoms with E-state index in [0.29, 0.717) is 34.1 Å². The average Bonchev–Trinajstić information content (AvgIpc) is 1.54. The summed E-state index contributed by atoms with van der Waals surface area (Å²) in [6.45, 7) is 3.72. The Labute approximate surface area is 667 Å². The van der Waals surface area contributed by atoms with Gasteiger partial charge in [-0.1, -0.05) is 42.0 Å². The highest BCUT2D eigenvalue weighted by Gasteiger charge is 2.49. The summed E-state index contributed by atoms with van der Waals surface area (Å²) < 4.78 is 561. The first-order valence-electron chi connectivity index (χ1n) is 24.7. The molecule has 2 aromatic carbocycles. The molecular formula is C45H42F66N12O7. The molecule has 2 aliphatic carbocycles. The predicted molar refractivity (Wildman–Crippen MR) is 305 cm³/mol. The number of carboxylic acid groups (broad SMARTS) is 1. The lowest BCUT2D eigenvalue weighted by Gasteiger charge is -2.31. The number of nitrogens with zero attached hydrogens (tertiary/aromatic N) is 8. The van der Waals surface area contributed by atoms with Gasteiger partial charge < -0.3 is 36.7 Å². The number of imidazole rings is 2. The van der Waals surface area contributed by atoms with Crippen LogP contribution in [0.25, 0.3) is 34.1 Å². The zero-order chi connectivity index (χ0) is 110. The number of carbonyl (C=O) groups is 4. The number of nitrogens with two attached hydrogens (primary N) is 3. The van der Waals surface area contributed by atoms with Crippen molar-refractivity contribution >= 4 is 46.4 Å². The second kappa shape index (κ2) is 160. The van der Waals surface area contributed by atoms with Gasteiger partial charge in [-0.2, -0.15) is 9.97 Å². The van der Waals surface area contributed by atoms with Gasteiger partial charge in [-0.05, 0) is 61.4 Å². The molecule has 2 aliphatic rings. The second-order valence-electron chi connectivity index (χ2n) is 16.0. The molecule has 0 bridgehead atoms. The molecule has 2 fully saturated rings. The van der Waals surface area contributed by atoms with Crippen molar-refractivity contribution in [1.82, 2.24) is 39.1 Å². The van der Waals surface area contributed by atoms with Crippen LogP contribution >= 0.6 is 0 Å². The van der Waals surface area contributed by atoms with E-state index in [-0.39, 0.29) is 79.1 Å². The number of aryl methyl sites for hydroxylation is 2. The number of nitrogen functional groups attached to an aromatic ring is 1. The highest BCUT2D eigenvalue weighted by atomic mass is 20.1. The Hall–Kier alpha value is -12.8. The number of aromatic nitrogens is 8. The normalized spacial score (nSPS) is 9.20. The van der Waals surface area contributed by atoms with Gasteiger partial charge in [0.05, 0.1) is 23.5 Å². The summed E-state index contributed by atoms with van der Waals surface area (Å²) in [4.78, 5) is 62.6. The first-order valence-corrected chi connectivity index (χ1v) is 24.7. The van der Waals surface area contributed by atoms with Crippen molar-refractivity contribution in [2.24, 2.45) is 11.5 Å². The van der Waals surface area contributed by atoms with Gasteiger partial charge in [0.2, 0.25) is 47.1 Å². The van der Waals surface area contributed by atoms with Crippen LogP contribution in [0.4, 0.5) is 313 Å². The number of anilines is 2. The molecule has 0 spiro atoms. The summed E-state index contributed by atoms with van der Waals surface area (Å²) in [5, 5.41) is 19.4. The van der Waals surface area contributed by atoms with Crippen LogP contribution in [0.2, 0.25) is 0 Å². The zero-order valence-electron chi connectivity index (χ0n) is 58.7. The quantitative estimate of drug-likeness (QED) is 0.0663. The van der Waals surface area contributed by atoms with Gasteiger partial charge >= 0.3 is 5.97 Å². The van der Waals surface area contributed by atoms with Gasteiger partial charge in [0, 0.05) is 356 Å². The third kappa shape index (κ3) is 87.2. The third-order valence-electron chi connectivity index (χ3n) is 11.1. The maximum absolute atomic E-state index is 13.1. The lowest BCUT2D eigenvalue weighted by molar-refractivity contribution is -0.0930. The van der Waals surface area contributed by atoms with Crippen molar-refractivity contribution in [3.05, 3.63) is 131 Å². The van der Waals surface area contributed by atoms with E-state index < -0.39 is 41.5 Å². The Morgan fingerprint density at radius 3 is 0.846 bits per heavy atom. The summed E-state index contributed by atoms with van der Waals surface area (Å²) in [5.41, 5.74) is 22.0. The molecule has 0 unspecified atom stereocenters. The third-order valence-corrected chi connectivity index (χ3v) is 11.1. The molecule has 0 atom stereocenters. The smallest absolute Gasteiger partial charge is 0.354 e. The number of nitrogens with one attached hydrogen (secondary N) is 1. The van der Waals surface area contributed by atoms with Crippen LogP contribution in [0.1, 0.15) is 110 Å². The van der Waals surface area contributed by atoms with Crippen molar-refractivity contribution in [2.75, 3.05) is 11.1 Å². The fourth-order valence-electron chi connectivity index (χ4n) is 7.15. The molecule has 0 radical (unpaired) electrons. The Morgan fingerprint density at radius 1 is 0.369 bits per heavy atom. The van der Waals surface area contributed by atoms with Crippen LogP contribution in [-0.2, 0) is 0 Å². The molecule has 0 saturated heterocycles. The first-order chi connectivity index (χ1) is 62.7. The highest BCUT2D eigenvalue weighted by Crippen LogP contribution is 2.49. The SMILES string of the molecule is C.Cc1ccc(-c2noc(C3CC(F)(F)C3)n2)cc1N.Cc1ccc(-c2noc(C3CC(F)(F)C3)n2)cc1NC(=O)c1cnc2ccc(C(N)=O)cn12.FF.FF.FF.FF.FF.FF.FF.FF.FF.FF.FF.FF.FF.FF.FF.FF.FF.FF.FF.FF.FF.FF.FF.FF.FF.FF.FF.FF.FF.FF.FF.NC(=O)c1ccc2ncc(C(=O)O)n2c1. The van der Waals surface area contributed by atoms with Crippen LogP contribution in [0.15, 0.2) is 94.5 Å². The number of carboxylic acids is 1. The topological polar surface area (TPSA) is 291 Å². The average molecular weight is 2120 g/mol. The number of amides is 3. The van der Waals surface area contributed by atoms with E-state index >= 15 is 0 Å². The molecule has 6 aromatic heterocycles. The number of alkyl halides is 4. The number of carbonyl (C=O) groups excluding carboxylic acids is 3. The fourth-order valence-corrected chi connectivity index (χ4v) is 7.15. The van der Waals surface area contributed by atoms with Crippen molar-refractivity contribution in [2.45, 2.75) is 70.6 Å². The van der Waals surface area contributed by atoms with Crippen molar-refractivity contribution in [3.8, 4) is 22.8 Å². The molecular weight excluding hydrogens is 2070 g/mol. The molecule has 6 heterocycles. The maximum atomic E-state index is 13.1. The van der Waals surface area contributed by atoms with Crippen LogP contribution < -0.4 is 22.5 Å². The first kappa shape index (κ1) is 186. The summed E-state index contributed by atoms with van der Waals surface area (Å²) in [5.74, 6) is -7.76. The van der Waals surface area contributed by atoms with Gasteiger partial charge in [-0.25, -0.2) is 32.3 Å². The number of benzene rings is 2. The van der Waals surface area contributed by atoms with E-state index in [1.165, 1.54) is 51.8 Å². The molecule has 8 aromatic rings. The van der Waals surface area contributed by atoms with Crippen LogP contribution in [0.5, 0.6) is 0 Å². The lowest BCUT2D eigenvalue weighted by atomic mass is 9.81. The summed E-state index contributed by atoms with van der Waals surface area (Å²) in [7, 11) is 0. The van der Waals surface area contributed by atoms with Crippen molar-refractivity contribution in [1.29, 1.82) is 0 Å². The molecule has 0 aliphatic heterocycles. The number of pyridine rings is 2. The van der Waals surface area contributed by atoms with Crippen LogP contribution in [-0.4, -0.2) is 79.7 Å². The Morgan fingerprint density at radius 2 is 0.608 bits per heavy atom. The van der Waals surface area contributed by atoms with Gasteiger partial charge in [-0.3, -0.25) is 23.2 Å². The number of hydrogen-bond donors (Lipinski definition) is 5. The molecule has 10 rings (SSSR count). The van der Waals surface area contributed by atoms with Gasteiger partial charge in [0.15, 0.2) is 5.69 Å². The van der Waals surface area contributed by atoms with Crippen molar-refractivity contribution in [3.63, 3.8) is 0 Å². The van der Waals surface area contributed by atoms with Crippen molar-refractivity contribution < 1.29 is 334 Å². The predicted octanol–water partition coefficient (Wildman–Crippen LogP) is 33.5. The minimum absolute atomic E-state index is 0. The molecule has 130 heavy (non-hydrogen) atoms. The lowest BCUT2D eigenvalue weighted by Crippen LogP contribution is -2.33. The van der Waals surface area contributed by atoms with Crippen LogP contribution in [0, 0.1) is 13.8 Å². The largest absolute Gasteiger partial charge is 0.477 e. The highest BCUT2D eigenvalue weighted by molar-refractivity contribution is 6.04. The van der Waals surface area contributed by atoms with E-state index in [1.807, 2.05) is 26.0 Å². The maximum Gasteiger partial charge on any atom is 0.354 e. The number of primary amides is 2. The van der Waals surface area contributed by atoms with E-state index in [0.717, 1.165) is 16.7 Å². The fraction of sp³-hybridized carbons (Fsp3) is 0.244. The molecule has 8 N–H and O–H groups in total. The molecule has 3 amide bonds. The zero-order valence-corrected chi connectivity index (χ0v) is 58.7. The monoisotopic (exact) mass is 2120 g/mol. The minimum atomic E-state index is -2.68. The van der Waals surface area contributed by atoms with Gasteiger partial charge in [0.25, 0.3) is 5.91 Å². The van der Waals surface area contributed by atoms with Gasteiger partial charge in [0.1, 0.15) is 17.0 Å². The summed E-state index contributed by atoms with van der Waals surface area (Å²) in [6.07, 6.45) is 4.38. The Kier molecular flexibility index (Phi) is 229. The number of fused-ring (bicyclic) bond motifs is 2. The van der Waals surface area contributed by atoms with Gasteiger partial charge in [-0.15, -0.1) is 0 Å². The van der Waals surface area contributed by atoms with E-state index in [1.54, 1.807) is 30.3 Å². The Balaban J connectivity index is -0.0000000435. The summed E-state index contributed by atoms with van der Waals surface area (Å²) >= 11 is 0.